The molecule has 2 N–H and O–H groups in total. The number of nitrogens with zero attached hydrogens (tertiary/aromatic N) is 3. The van der Waals surface area contributed by atoms with Crippen molar-refractivity contribution in [3.05, 3.63) is 12.4 Å². The molecular weight excluding hydrogens is 182 g/mol. The van der Waals surface area contributed by atoms with E-state index in [1.165, 1.54) is 0 Å². The van der Waals surface area contributed by atoms with Crippen LogP contribution in [0.1, 0.15) is 6.42 Å². The molecule has 1 aromatic heterocycles. The molecule has 6 nitrogen and oxygen atoms in total. The molecule has 0 saturated carbocycles. The van der Waals surface area contributed by atoms with Crippen LogP contribution in [0.5, 0.6) is 0 Å². The Morgan fingerprint density at radius 3 is 3.00 bits per heavy atom. The maximum absolute atomic E-state index is 11.1. The number of nitrogens with one attached hydrogen (secondary N) is 2. The maximum atomic E-state index is 11.1. The first kappa shape index (κ1) is 10.6. The first-order valence-electron chi connectivity index (χ1n) is 4.58. The fourth-order valence-electron chi connectivity index (χ4n) is 0.989. The molecule has 0 saturated heterocycles. The molecule has 1 rings (SSSR count). The normalized spacial score (nSPS) is 10.1. The molecule has 0 atom stereocenters. The van der Waals surface area contributed by atoms with E-state index in [1.807, 2.05) is 7.05 Å². The van der Waals surface area contributed by atoms with Gasteiger partial charge in [-0.15, -0.1) is 5.10 Å². The number of aromatic nitrogens is 3. The van der Waals surface area contributed by atoms with E-state index in [2.05, 4.69) is 20.9 Å². The van der Waals surface area contributed by atoms with Crippen molar-refractivity contribution >= 4 is 5.91 Å². The van der Waals surface area contributed by atoms with Crippen molar-refractivity contribution in [2.24, 2.45) is 0 Å². The summed E-state index contributed by atoms with van der Waals surface area (Å²) in [6.07, 6.45) is 3.89. The molecule has 6 heteroatoms. The average Bonchev–Trinajstić information content (AvgIpc) is 2.67. The minimum absolute atomic E-state index is 0.0551. The summed E-state index contributed by atoms with van der Waals surface area (Å²) in [6.45, 7) is 1.95. The second-order valence-electron chi connectivity index (χ2n) is 2.87. The highest BCUT2D eigenvalue weighted by molar-refractivity contribution is 5.75. The van der Waals surface area contributed by atoms with Gasteiger partial charge in [0.2, 0.25) is 5.91 Å². The van der Waals surface area contributed by atoms with Crippen LogP contribution in [0.3, 0.4) is 0 Å². The monoisotopic (exact) mass is 197 g/mol. The van der Waals surface area contributed by atoms with Crippen molar-refractivity contribution in [2.75, 3.05) is 20.1 Å². The highest BCUT2D eigenvalue weighted by Crippen LogP contribution is 1.80. The SMILES string of the molecule is CNCCC(=O)NCCn1ccnn1. The van der Waals surface area contributed by atoms with E-state index in [-0.39, 0.29) is 5.91 Å². The van der Waals surface area contributed by atoms with Crippen LogP contribution < -0.4 is 10.6 Å². The van der Waals surface area contributed by atoms with Gasteiger partial charge in [0, 0.05) is 25.7 Å². The van der Waals surface area contributed by atoms with E-state index in [1.54, 1.807) is 17.1 Å². The quantitative estimate of drug-likeness (QED) is 0.614. The van der Waals surface area contributed by atoms with Crippen molar-refractivity contribution in [1.29, 1.82) is 0 Å². The summed E-state index contributed by atoms with van der Waals surface area (Å²) in [6, 6.07) is 0. The van der Waals surface area contributed by atoms with Gasteiger partial charge in [-0.3, -0.25) is 9.48 Å². The highest BCUT2D eigenvalue weighted by atomic mass is 16.1. The van der Waals surface area contributed by atoms with Gasteiger partial charge in [0.25, 0.3) is 0 Å². The second kappa shape index (κ2) is 6.09. The maximum Gasteiger partial charge on any atom is 0.221 e. The molecule has 0 unspecified atom stereocenters. The van der Waals surface area contributed by atoms with E-state index in [4.69, 9.17) is 0 Å². The Hall–Kier alpha value is -1.43. The third-order valence-electron chi connectivity index (χ3n) is 1.74. The summed E-state index contributed by atoms with van der Waals surface area (Å²) in [7, 11) is 1.82. The molecule has 1 aromatic rings. The van der Waals surface area contributed by atoms with Crippen LogP contribution in [0.2, 0.25) is 0 Å². The predicted molar refractivity (Wildman–Crippen MR) is 51.6 cm³/mol. The molecule has 0 spiro atoms. The third kappa shape index (κ3) is 3.99. The molecule has 0 aliphatic rings. The molecule has 1 heterocycles. The van der Waals surface area contributed by atoms with Crippen LogP contribution in [-0.2, 0) is 11.3 Å². The Morgan fingerprint density at radius 2 is 2.36 bits per heavy atom. The van der Waals surface area contributed by atoms with E-state index in [9.17, 15) is 4.79 Å². The lowest BCUT2D eigenvalue weighted by Crippen LogP contribution is -2.29. The van der Waals surface area contributed by atoms with Crippen LogP contribution >= 0.6 is 0 Å². The van der Waals surface area contributed by atoms with Gasteiger partial charge in [-0.25, -0.2) is 0 Å². The molecular formula is C8H15N5O. The fraction of sp³-hybridized carbons (Fsp3) is 0.625. The summed E-state index contributed by atoms with van der Waals surface area (Å²) in [5, 5.41) is 13.1. The Labute approximate surface area is 82.7 Å². The minimum Gasteiger partial charge on any atom is -0.354 e. The summed E-state index contributed by atoms with van der Waals surface area (Å²) in [4.78, 5) is 11.1. The van der Waals surface area contributed by atoms with Crippen molar-refractivity contribution in [3.63, 3.8) is 0 Å². The van der Waals surface area contributed by atoms with E-state index >= 15 is 0 Å². The lowest BCUT2D eigenvalue weighted by Gasteiger charge is -2.04. The zero-order valence-corrected chi connectivity index (χ0v) is 8.23. The van der Waals surface area contributed by atoms with E-state index in [0.717, 1.165) is 0 Å². The van der Waals surface area contributed by atoms with E-state index < -0.39 is 0 Å². The minimum atomic E-state index is 0.0551. The van der Waals surface area contributed by atoms with Crippen molar-refractivity contribution in [1.82, 2.24) is 25.6 Å². The first-order valence-corrected chi connectivity index (χ1v) is 4.58. The Morgan fingerprint density at radius 1 is 1.50 bits per heavy atom. The summed E-state index contributed by atoms with van der Waals surface area (Å²) < 4.78 is 1.68. The molecule has 0 aromatic carbocycles. The number of rotatable bonds is 6. The van der Waals surface area contributed by atoms with Crippen LogP contribution in [0.25, 0.3) is 0 Å². The van der Waals surface area contributed by atoms with Gasteiger partial charge >= 0.3 is 0 Å². The standard InChI is InChI=1S/C8H15N5O/c1-9-3-2-8(14)10-4-6-13-7-5-11-12-13/h5,7,9H,2-4,6H2,1H3,(H,10,14). The summed E-state index contributed by atoms with van der Waals surface area (Å²) in [5.74, 6) is 0.0551. The third-order valence-corrected chi connectivity index (χ3v) is 1.74. The number of carbonyl (C=O) groups excluding carboxylic acids is 1. The molecule has 1 amide bonds. The zero-order chi connectivity index (χ0) is 10.2. The lowest BCUT2D eigenvalue weighted by molar-refractivity contribution is -0.121. The van der Waals surface area contributed by atoms with Crippen LogP contribution in [-0.4, -0.2) is 41.0 Å². The fourth-order valence-corrected chi connectivity index (χ4v) is 0.989. The van der Waals surface area contributed by atoms with Crippen molar-refractivity contribution < 1.29 is 4.79 Å². The Balaban J connectivity index is 2.06. The molecule has 0 aliphatic heterocycles. The first-order chi connectivity index (χ1) is 6.83. The van der Waals surface area contributed by atoms with Gasteiger partial charge in [0.05, 0.1) is 12.7 Å². The molecule has 0 aliphatic carbocycles. The molecule has 0 radical (unpaired) electrons. The van der Waals surface area contributed by atoms with E-state index in [0.29, 0.717) is 26.1 Å². The smallest absolute Gasteiger partial charge is 0.221 e. The average molecular weight is 197 g/mol. The van der Waals surface area contributed by atoms with Crippen LogP contribution in [0.4, 0.5) is 0 Å². The summed E-state index contributed by atoms with van der Waals surface area (Å²) in [5.41, 5.74) is 0. The molecule has 78 valence electrons. The Bertz CT molecular complexity index is 259. The van der Waals surface area contributed by atoms with Gasteiger partial charge in [-0.1, -0.05) is 5.21 Å². The highest BCUT2D eigenvalue weighted by Gasteiger charge is 1.98. The number of hydrogen-bond acceptors (Lipinski definition) is 4. The van der Waals surface area contributed by atoms with Gasteiger partial charge in [-0.05, 0) is 7.05 Å². The Kier molecular flexibility index (Phi) is 4.63. The number of hydrogen-bond donors (Lipinski definition) is 2. The zero-order valence-electron chi connectivity index (χ0n) is 8.23. The van der Waals surface area contributed by atoms with Gasteiger partial charge in [0.1, 0.15) is 0 Å². The van der Waals surface area contributed by atoms with Gasteiger partial charge in [0.15, 0.2) is 0 Å². The van der Waals surface area contributed by atoms with Gasteiger partial charge in [-0.2, -0.15) is 0 Å². The number of carbonyl (C=O) groups is 1. The predicted octanol–water partition coefficient (Wildman–Crippen LogP) is -0.996. The van der Waals surface area contributed by atoms with Crippen LogP contribution in [0.15, 0.2) is 12.4 Å². The molecule has 14 heavy (non-hydrogen) atoms. The van der Waals surface area contributed by atoms with Crippen molar-refractivity contribution in [2.45, 2.75) is 13.0 Å². The number of amides is 1. The second-order valence-corrected chi connectivity index (χ2v) is 2.87. The molecule has 0 bridgehead atoms. The summed E-state index contributed by atoms with van der Waals surface area (Å²) >= 11 is 0. The van der Waals surface area contributed by atoms with Crippen LogP contribution in [0, 0.1) is 0 Å². The van der Waals surface area contributed by atoms with Crippen molar-refractivity contribution in [3.8, 4) is 0 Å². The molecule has 0 fully saturated rings. The topological polar surface area (TPSA) is 71.8 Å². The largest absolute Gasteiger partial charge is 0.354 e. The lowest BCUT2D eigenvalue weighted by atomic mass is 10.4. The van der Waals surface area contributed by atoms with Gasteiger partial charge < -0.3 is 10.6 Å².